The van der Waals surface area contributed by atoms with Crippen molar-refractivity contribution in [2.24, 2.45) is 5.73 Å². The lowest BCUT2D eigenvalue weighted by atomic mass is 9.76. The fraction of sp³-hybridized carbons (Fsp3) is 0.571. The molecule has 98 valence electrons. The highest BCUT2D eigenvalue weighted by molar-refractivity contribution is 6.31. The molecule has 1 aliphatic heterocycles. The second-order valence-electron chi connectivity index (χ2n) is 5.28. The number of ether oxygens (including phenoxy) is 2. The Morgan fingerprint density at radius 1 is 1.33 bits per heavy atom. The molecule has 0 aromatic heterocycles. The third kappa shape index (κ3) is 1.61. The largest absolute Gasteiger partial charge is 0.454 e. The SMILES string of the molecule is Cc1c2c(cc(Cl)c1C1(CN)CCCC1)OCO2. The number of benzene rings is 1. The molecule has 0 amide bonds. The van der Waals surface area contributed by atoms with Crippen molar-refractivity contribution in [3.63, 3.8) is 0 Å². The summed E-state index contributed by atoms with van der Waals surface area (Å²) in [5.74, 6) is 1.60. The van der Waals surface area contributed by atoms with Crippen LogP contribution in [0, 0.1) is 6.92 Å². The van der Waals surface area contributed by atoms with Gasteiger partial charge < -0.3 is 15.2 Å². The maximum atomic E-state index is 6.47. The zero-order chi connectivity index (χ0) is 12.8. The van der Waals surface area contributed by atoms with Gasteiger partial charge in [-0.25, -0.2) is 0 Å². The first-order valence-electron chi connectivity index (χ1n) is 6.47. The van der Waals surface area contributed by atoms with Crippen LogP contribution in [0.1, 0.15) is 36.8 Å². The Balaban J connectivity index is 2.17. The van der Waals surface area contributed by atoms with Gasteiger partial charge in [-0.3, -0.25) is 0 Å². The van der Waals surface area contributed by atoms with Gasteiger partial charge >= 0.3 is 0 Å². The van der Waals surface area contributed by atoms with E-state index in [0.717, 1.165) is 34.9 Å². The van der Waals surface area contributed by atoms with Crippen LogP contribution in [-0.4, -0.2) is 13.3 Å². The van der Waals surface area contributed by atoms with Crippen molar-refractivity contribution in [3.8, 4) is 11.5 Å². The average Bonchev–Trinajstić information content (AvgIpc) is 2.98. The number of hydrogen-bond acceptors (Lipinski definition) is 3. The molecule has 1 saturated carbocycles. The van der Waals surface area contributed by atoms with E-state index in [1.165, 1.54) is 18.4 Å². The first-order valence-corrected chi connectivity index (χ1v) is 6.85. The Kier molecular flexibility index (Phi) is 2.91. The number of hydrogen-bond donors (Lipinski definition) is 1. The molecule has 0 saturated heterocycles. The molecule has 0 radical (unpaired) electrons. The van der Waals surface area contributed by atoms with Crippen LogP contribution in [0.15, 0.2) is 6.07 Å². The normalized spacial score (nSPS) is 20.4. The van der Waals surface area contributed by atoms with E-state index in [1.54, 1.807) is 0 Å². The van der Waals surface area contributed by atoms with Gasteiger partial charge in [-0.2, -0.15) is 0 Å². The molecule has 0 atom stereocenters. The average molecular weight is 268 g/mol. The topological polar surface area (TPSA) is 44.5 Å². The molecular weight excluding hydrogens is 250 g/mol. The van der Waals surface area contributed by atoms with Gasteiger partial charge in [-0.05, 0) is 25.3 Å². The number of fused-ring (bicyclic) bond motifs is 1. The van der Waals surface area contributed by atoms with E-state index in [1.807, 2.05) is 6.07 Å². The summed E-state index contributed by atoms with van der Waals surface area (Å²) >= 11 is 6.47. The highest BCUT2D eigenvalue weighted by atomic mass is 35.5. The molecule has 3 rings (SSSR count). The Hall–Kier alpha value is -0.930. The highest BCUT2D eigenvalue weighted by Crippen LogP contribution is 2.50. The minimum absolute atomic E-state index is 0.0299. The number of nitrogens with two attached hydrogens (primary N) is 1. The van der Waals surface area contributed by atoms with E-state index >= 15 is 0 Å². The zero-order valence-electron chi connectivity index (χ0n) is 10.6. The van der Waals surface area contributed by atoms with Gasteiger partial charge in [0.25, 0.3) is 0 Å². The fourth-order valence-corrected chi connectivity index (χ4v) is 3.87. The third-order valence-electron chi connectivity index (χ3n) is 4.34. The van der Waals surface area contributed by atoms with Crippen molar-refractivity contribution in [1.82, 2.24) is 0 Å². The lowest BCUT2D eigenvalue weighted by Gasteiger charge is -2.31. The Bertz CT molecular complexity index is 481. The molecule has 1 aliphatic carbocycles. The predicted octanol–water partition coefficient (Wildman–Crippen LogP) is 3.15. The summed E-state index contributed by atoms with van der Waals surface area (Å²) in [5.41, 5.74) is 8.36. The molecule has 0 spiro atoms. The van der Waals surface area contributed by atoms with Crippen LogP contribution < -0.4 is 15.2 Å². The summed E-state index contributed by atoms with van der Waals surface area (Å²) < 4.78 is 11.0. The molecule has 4 heteroatoms. The first kappa shape index (κ1) is 12.1. The van der Waals surface area contributed by atoms with Crippen LogP contribution >= 0.6 is 11.6 Å². The van der Waals surface area contributed by atoms with Gasteiger partial charge in [0.05, 0.1) is 0 Å². The van der Waals surface area contributed by atoms with E-state index in [9.17, 15) is 0 Å². The lowest BCUT2D eigenvalue weighted by molar-refractivity contribution is 0.173. The van der Waals surface area contributed by atoms with Crippen molar-refractivity contribution in [1.29, 1.82) is 0 Å². The lowest BCUT2D eigenvalue weighted by Crippen LogP contribution is -2.33. The van der Waals surface area contributed by atoms with Crippen molar-refractivity contribution < 1.29 is 9.47 Å². The monoisotopic (exact) mass is 267 g/mol. The molecule has 0 bridgehead atoms. The first-order chi connectivity index (χ1) is 8.68. The van der Waals surface area contributed by atoms with Crippen molar-refractivity contribution in [2.45, 2.75) is 38.0 Å². The minimum atomic E-state index is 0.0299. The van der Waals surface area contributed by atoms with Gasteiger partial charge in [0.2, 0.25) is 6.79 Å². The van der Waals surface area contributed by atoms with Crippen molar-refractivity contribution in [2.75, 3.05) is 13.3 Å². The molecule has 1 aromatic carbocycles. The molecule has 2 N–H and O–H groups in total. The molecule has 0 unspecified atom stereocenters. The standard InChI is InChI=1S/C14H18ClNO2/c1-9-12(14(7-16)4-2-3-5-14)10(15)6-11-13(9)18-8-17-11/h6H,2-5,7-8,16H2,1H3. The minimum Gasteiger partial charge on any atom is -0.454 e. The Morgan fingerprint density at radius 3 is 2.72 bits per heavy atom. The summed E-state index contributed by atoms with van der Waals surface area (Å²) in [5, 5.41) is 0.768. The Morgan fingerprint density at radius 2 is 2.06 bits per heavy atom. The van der Waals surface area contributed by atoms with E-state index in [0.29, 0.717) is 6.54 Å². The quantitative estimate of drug-likeness (QED) is 0.895. The maximum Gasteiger partial charge on any atom is 0.231 e. The van der Waals surface area contributed by atoms with E-state index in [2.05, 4.69) is 6.92 Å². The Labute approximate surface area is 112 Å². The smallest absolute Gasteiger partial charge is 0.231 e. The van der Waals surface area contributed by atoms with E-state index < -0.39 is 0 Å². The van der Waals surface area contributed by atoms with Gasteiger partial charge in [0.15, 0.2) is 11.5 Å². The summed E-state index contributed by atoms with van der Waals surface area (Å²) in [7, 11) is 0. The molecule has 1 aromatic rings. The second-order valence-corrected chi connectivity index (χ2v) is 5.69. The zero-order valence-corrected chi connectivity index (χ0v) is 11.3. The van der Waals surface area contributed by atoms with Crippen molar-refractivity contribution >= 4 is 11.6 Å². The third-order valence-corrected chi connectivity index (χ3v) is 4.63. The highest BCUT2D eigenvalue weighted by Gasteiger charge is 2.39. The summed E-state index contributed by atoms with van der Waals surface area (Å²) in [6.45, 7) is 2.99. The van der Waals surface area contributed by atoms with Gasteiger partial charge in [-0.1, -0.05) is 24.4 Å². The van der Waals surface area contributed by atoms with Gasteiger partial charge in [0, 0.05) is 28.6 Å². The maximum absolute atomic E-state index is 6.47. The summed E-state index contributed by atoms with van der Waals surface area (Å²) in [6.07, 6.45) is 4.68. The van der Waals surface area contributed by atoms with Crippen LogP contribution in [-0.2, 0) is 5.41 Å². The van der Waals surface area contributed by atoms with Gasteiger partial charge in [0.1, 0.15) is 0 Å². The number of rotatable bonds is 2. The van der Waals surface area contributed by atoms with Crippen LogP contribution in [0.25, 0.3) is 0 Å². The molecule has 18 heavy (non-hydrogen) atoms. The fourth-order valence-electron chi connectivity index (χ4n) is 3.43. The van der Waals surface area contributed by atoms with Crippen LogP contribution in [0.3, 0.4) is 0 Å². The second kappa shape index (κ2) is 4.32. The number of halogens is 1. The van der Waals surface area contributed by atoms with Crippen LogP contribution in [0.4, 0.5) is 0 Å². The molecule has 1 heterocycles. The van der Waals surface area contributed by atoms with Crippen LogP contribution in [0.5, 0.6) is 11.5 Å². The summed E-state index contributed by atoms with van der Waals surface area (Å²) in [4.78, 5) is 0. The molecule has 3 nitrogen and oxygen atoms in total. The van der Waals surface area contributed by atoms with Gasteiger partial charge in [-0.15, -0.1) is 0 Å². The van der Waals surface area contributed by atoms with E-state index in [4.69, 9.17) is 26.8 Å². The molecular formula is C14H18ClNO2. The van der Waals surface area contributed by atoms with Crippen LogP contribution in [0.2, 0.25) is 5.02 Å². The molecule has 1 fully saturated rings. The molecule has 2 aliphatic rings. The predicted molar refractivity (Wildman–Crippen MR) is 71.5 cm³/mol. The summed E-state index contributed by atoms with van der Waals surface area (Å²) in [6, 6.07) is 1.88. The van der Waals surface area contributed by atoms with E-state index in [-0.39, 0.29) is 12.2 Å². The van der Waals surface area contributed by atoms with Crippen molar-refractivity contribution in [3.05, 3.63) is 22.2 Å².